The Morgan fingerprint density at radius 3 is 2.65 bits per heavy atom. The molecule has 2 N–H and O–H groups in total. The highest BCUT2D eigenvalue weighted by Crippen LogP contribution is 2.20. The molecule has 17 heavy (non-hydrogen) atoms. The van der Waals surface area contributed by atoms with E-state index in [1.54, 1.807) is 12.2 Å². The Morgan fingerprint density at radius 2 is 2.06 bits per heavy atom. The van der Waals surface area contributed by atoms with E-state index in [9.17, 15) is 13.6 Å². The minimum atomic E-state index is -0.922. The molecule has 0 aliphatic heterocycles. The van der Waals surface area contributed by atoms with E-state index in [-0.39, 0.29) is 24.2 Å². The molecule has 2 rings (SSSR count). The highest BCUT2D eigenvalue weighted by Gasteiger charge is 2.22. The Bertz CT molecular complexity index is 470. The first kappa shape index (κ1) is 11.9. The van der Waals surface area contributed by atoms with Gasteiger partial charge < -0.3 is 5.73 Å². The Kier molecular flexibility index (Phi) is 3.33. The molecule has 1 aromatic rings. The number of allylic oxidation sites excluding steroid dienone is 1. The van der Waals surface area contributed by atoms with Crippen molar-refractivity contribution in [1.29, 1.82) is 0 Å². The summed E-state index contributed by atoms with van der Waals surface area (Å²) in [5.74, 6) is -2.03. The summed E-state index contributed by atoms with van der Waals surface area (Å²) in [6.07, 6.45) is 4.29. The van der Waals surface area contributed by atoms with Gasteiger partial charge in [0.05, 0.1) is 0 Å². The molecular weight excluding hydrogens is 224 g/mol. The Balaban J connectivity index is 2.03. The number of halogens is 2. The van der Waals surface area contributed by atoms with Gasteiger partial charge in [-0.1, -0.05) is 18.2 Å². The number of carbonyl (C=O) groups is 1. The number of hydrogen-bond donors (Lipinski definition) is 1. The first-order valence-corrected chi connectivity index (χ1v) is 5.47. The molecule has 0 fully saturated rings. The van der Waals surface area contributed by atoms with Crippen LogP contribution in [0, 0.1) is 17.6 Å². The summed E-state index contributed by atoms with van der Waals surface area (Å²) >= 11 is 0. The monoisotopic (exact) mass is 237 g/mol. The van der Waals surface area contributed by atoms with E-state index in [0.717, 1.165) is 12.1 Å². The van der Waals surface area contributed by atoms with Crippen LogP contribution in [0.5, 0.6) is 0 Å². The van der Waals surface area contributed by atoms with Crippen LogP contribution in [0.15, 0.2) is 30.4 Å². The van der Waals surface area contributed by atoms with E-state index in [0.29, 0.717) is 12.0 Å². The summed E-state index contributed by atoms with van der Waals surface area (Å²) in [6.45, 7) is 0. The van der Waals surface area contributed by atoms with Crippen molar-refractivity contribution in [1.82, 2.24) is 0 Å². The van der Waals surface area contributed by atoms with Gasteiger partial charge in [0, 0.05) is 18.4 Å². The summed E-state index contributed by atoms with van der Waals surface area (Å²) in [6, 6.07) is 3.45. The van der Waals surface area contributed by atoms with Gasteiger partial charge >= 0.3 is 0 Å². The zero-order chi connectivity index (χ0) is 12.4. The van der Waals surface area contributed by atoms with Crippen LogP contribution in [-0.2, 0) is 11.2 Å². The maximum absolute atomic E-state index is 12.9. The smallest absolute Gasteiger partial charge is 0.159 e. The summed E-state index contributed by atoms with van der Waals surface area (Å²) in [5, 5.41) is 0. The number of nitrogens with two attached hydrogens (primary N) is 1. The molecule has 1 aliphatic rings. The van der Waals surface area contributed by atoms with Gasteiger partial charge in [0.2, 0.25) is 0 Å². The number of carbonyl (C=O) groups excluding carboxylic acids is 1. The number of rotatable bonds is 3. The highest BCUT2D eigenvalue weighted by molar-refractivity contribution is 5.85. The second-order valence-electron chi connectivity index (χ2n) is 4.28. The molecular formula is C13H13F2NO. The maximum Gasteiger partial charge on any atom is 0.159 e. The molecule has 0 radical (unpaired) electrons. The predicted molar refractivity (Wildman–Crippen MR) is 60.3 cm³/mol. The minimum absolute atomic E-state index is 0.0137. The van der Waals surface area contributed by atoms with Crippen molar-refractivity contribution in [3.8, 4) is 0 Å². The first-order chi connectivity index (χ1) is 8.06. The molecule has 2 nitrogen and oxygen atoms in total. The molecule has 90 valence electrons. The summed E-state index contributed by atoms with van der Waals surface area (Å²) in [7, 11) is 0. The standard InChI is InChI=1S/C13H13F2NO/c14-11-4-1-8(5-12(11)15)6-13(17)9-2-3-10(16)7-9/h1-5,9-10H,6-7,16H2. The van der Waals surface area contributed by atoms with Crippen molar-refractivity contribution < 1.29 is 13.6 Å². The van der Waals surface area contributed by atoms with E-state index < -0.39 is 11.6 Å². The van der Waals surface area contributed by atoms with E-state index in [1.165, 1.54) is 6.07 Å². The lowest BCUT2D eigenvalue weighted by molar-refractivity contribution is -0.120. The van der Waals surface area contributed by atoms with Crippen molar-refractivity contribution in [2.75, 3.05) is 0 Å². The van der Waals surface area contributed by atoms with E-state index in [2.05, 4.69) is 0 Å². The maximum atomic E-state index is 12.9. The van der Waals surface area contributed by atoms with Gasteiger partial charge in [0.15, 0.2) is 11.6 Å². The average Bonchev–Trinajstić information content (AvgIpc) is 2.70. The lowest BCUT2D eigenvalue weighted by atomic mass is 9.97. The molecule has 0 saturated heterocycles. The molecule has 0 amide bonds. The van der Waals surface area contributed by atoms with E-state index in [1.807, 2.05) is 0 Å². The predicted octanol–water partition coefficient (Wildman–Crippen LogP) is 1.98. The van der Waals surface area contributed by atoms with Gasteiger partial charge in [-0.15, -0.1) is 0 Å². The molecule has 0 aromatic heterocycles. The van der Waals surface area contributed by atoms with Crippen molar-refractivity contribution in [2.24, 2.45) is 11.7 Å². The Morgan fingerprint density at radius 1 is 1.29 bits per heavy atom. The van der Waals surface area contributed by atoms with E-state index in [4.69, 9.17) is 5.73 Å². The fourth-order valence-corrected chi connectivity index (χ4v) is 1.95. The third-order valence-corrected chi connectivity index (χ3v) is 2.89. The number of hydrogen-bond acceptors (Lipinski definition) is 2. The molecule has 0 saturated carbocycles. The van der Waals surface area contributed by atoms with Crippen LogP contribution in [0.3, 0.4) is 0 Å². The largest absolute Gasteiger partial charge is 0.324 e. The molecule has 0 heterocycles. The second-order valence-corrected chi connectivity index (χ2v) is 4.28. The topological polar surface area (TPSA) is 43.1 Å². The fraction of sp³-hybridized carbons (Fsp3) is 0.308. The van der Waals surface area contributed by atoms with Crippen molar-refractivity contribution in [3.63, 3.8) is 0 Å². The number of benzene rings is 1. The third-order valence-electron chi connectivity index (χ3n) is 2.89. The molecule has 2 unspecified atom stereocenters. The van der Waals surface area contributed by atoms with Crippen molar-refractivity contribution in [2.45, 2.75) is 18.9 Å². The SMILES string of the molecule is NC1C=CC(C(=O)Cc2ccc(F)c(F)c2)C1. The van der Waals surface area contributed by atoms with Crippen LogP contribution in [-0.4, -0.2) is 11.8 Å². The quantitative estimate of drug-likeness (QED) is 0.817. The molecule has 2 atom stereocenters. The molecule has 0 spiro atoms. The highest BCUT2D eigenvalue weighted by atomic mass is 19.2. The van der Waals surface area contributed by atoms with Gasteiger partial charge in [-0.25, -0.2) is 8.78 Å². The average molecular weight is 237 g/mol. The van der Waals surface area contributed by atoms with Gasteiger partial charge in [-0.05, 0) is 24.1 Å². The van der Waals surface area contributed by atoms with Gasteiger partial charge in [0.1, 0.15) is 5.78 Å². The van der Waals surface area contributed by atoms with Crippen LogP contribution in [0.1, 0.15) is 12.0 Å². The van der Waals surface area contributed by atoms with Crippen LogP contribution >= 0.6 is 0 Å². The van der Waals surface area contributed by atoms with Gasteiger partial charge in [-0.3, -0.25) is 4.79 Å². The molecule has 0 bridgehead atoms. The summed E-state index contributed by atoms with van der Waals surface area (Å²) in [4.78, 5) is 11.8. The fourth-order valence-electron chi connectivity index (χ4n) is 1.95. The van der Waals surface area contributed by atoms with Crippen molar-refractivity contribution >= 4 is 5.78 Å². The lowest BCUT2D eigenvalue weighted by Gasteiger charge is -2.08. The molecule has 4 heteroatoms. The zero-order valence-corrected chi connectivity index (χ0v) is 9.20. The minimum Gasteiger partial charge on any atom is -0.324 e. The van der Waals surface area contributed by atoms with Gasteiger partial charge in [-0.2, -0.15) is 0 Å². The third kappa shape index (κ3) is 2.77. The lowest BCUT2D eigenvalue weighted by Crippen LogP contribution is -2.20. The van der Waals surface area contributed by atoms with Crippen LogP contribution in [0.4, 0.5) is 8.78 Å². The first-order valence-electron chi connectivity index (χ1n) is 5.47. The summed E-state index contributed by atoms with van der Waals surface area (Å²) in [5.41, 5.74) is 6.14. The van der Waals surface area contributed by atoms with Gasteiger partial charge in [0.25, 0.3) is 0 Å². The van der Waals surface area contributed by atoms with Crippen LogP contribution < -0.4 is 5.73 Å². The molecule has 1 aliphatic carbocycles. The van der Waals surface area contributed by atoms with Crippen LogP contribution in [0.2, 0.25) is 0 Å². The van der Waals surface area contributed by atoms with E-state index >= 15 is 0 Å². The Labute approximate surface area is 98.1 Å². The second kappa shape index (κ2) is 4.75. The zero-order valence-electron chi connectivity index (χ0n) is 9.20. The summed E-state index contributed by atoms with van der Waals surface area (Å²) < 4.78 is 25.6. The van der Waals surface area contributed by atoms with Crippen molar-refractivity contribution in [3.05, 3.63) is 47.5 Å². The Hall–Kier alpha value is -1.55. The number of ketones is 1. The molecule has 1 aromatic carbocycles. The normalized spacial score (nSPS) is 23.0. The number of Topliss-reactive ketones (excluding diaryl/α,β-unsaturated/α-hetero) is 1. The van der Waals surface area contributed by atoms with Crippen LogP contribution in [0.25, 0.3) is 0 Å².